The van der Waals surface area contributed by atoms with Gasteiger partial charge in [0.15, 0.2) is 5.82 Å². The number of rotatable bonds is 2. The van der Waals surface area contributed by atoms with E-state index < -0.39 is 0 Å². The maximum absolute atomic E-state index is 13.1. The summed E-state index contributed by atoms with van der Waals surface area (Å²) in [5.41, 5.74) is 2.69. The van der Waals surface area contributed by atoms with Crippen molar-refractivity contribution in [1.29, 1.82) is 0 Å². The first-order valence-corrected chi connectivity index (χ1v) is 9.06. The fourth-order valence-electron chi connectivity index (χ4n) is 2.88. The zero-order valence-corrected chi connectivity index (χ0v) is 15.4. The Morgan fingerprint density at radius 1 is 1.26 bits per heavy atom. The number of nitrogens with zero attached hydrogens (tertiary/aromatic N) is 3. The molecule has 4 rings (SSSR count). The largest absolute Gasteiger partial charge is 0.321 e. The van der Waals surface area contributed by atoms with E-state index in [1.165, 1.54) is 28.4 Å². The van der Waals surface area contributed by atoms with E-state index >= 15 is 0 Å². The summed E-state index contributed by atoms with van der Waals surface area (Å²) in [4.78, 5) is 35.7. The van der Waals surface area contributed by atoms with Gasteiger partial charge in [-0.2, -0.15) is 0 Å². The second-order valence-electron chi connectivity index (χ2n) is 6.26. The summed E-state index contributed by atoms with van der Waals surface area (Å²) in [6.45, 7) is 3.50. The summed E-state index contributed by atoms with van der Waals surface area (Å²) in [6.07, 6.45) is 1.65. The number of aryl methyl sites for hydroxylation is 2. The van der Waals surface area contributed by atoms with Crippen LogP contribution in [0.5, 0.6) is 0 Å². The molecule has 6 nitrogen and oxygen atoms in total. The number of benzene rings is 1. The van der Waals surface area contributed by atoms with Crippen molar-refractivity contribution in [1.82, 2.24) is 9.97 Å². The Hall–Kier alpha value is -3.13. The Bertz CT molecular complexity index is 1060. The van der Waals surface area contributed by atoms with Crippen LogP contribution in [0.2, 0.25) is 0 Å². The van der Waals surface area contributed by atoms with Crippen molar-refractivity contribution in [3.63, 3.8) is 0 Å². The van der Waals surface area contributed by atoms with Crippen molar-refractivity contribution in [2.75, 3.05) is 16.8 Å². The molecular weight excluding hydrogens is 367 g/mol. The van der Waals surface area contributed by atoms with Gasteiger partial charge in [0, 0.05) is 11.8 Å². The first kappa shape index (κ1) is 17.3. The Kier molecular flexibility index (Phi) is 4.19. The first-order chi connectivity index (χ1) is 12.9. The number of thiazole rings is 1. The molecule has 3 heterocycles. The molecule has 0 unspecified atom stereocenters. The van der Waals surface area contributed by atoms with Crippen LogP contribution in [0, 0.1) is 19.7 Å². The normalized spacial score (nSPS) is 13.3. The Labute approximate surface area is 158 Å². The molecule has 8 heteroatoms. The lowest BCUT2D eigenvalue weighted by molar-refractivity contribution is -0.115. The smallest absolute Gasteiger partial charge is 0.271 e. The lowest BCUT2D eigenvalue weighted by Crippen LogP contribution is -2.42. The summed E-state index contributed by atoms with van der Waals surface area (Å²) >= 11 is 1.22. The molecule has 3 aromatic rings. The standard InChI is InChI=1S/C19H15FN4O2S/c1-10-7-14-17(21-8-10)24(9-15(25)23-14)19(26)16-11(2)22-18(27-16)12-3-5-13(20)6-4-12/h3-8H,9H2,1-2H3,(H,23,25). The number of hydrogen-bond donors (Lipinski definition) is 1. The van der Waals surface area contributed by atoms with Crippen LogP contribution in [0.15, 0.2) is 36.5 Å². The van der Waals surface area contributed by atoms with Gasteiger partial charge in [0.25, 0.3) is 5.91 Å². The molecule has 0 spiro atoms. The fourth-order valence-corrected chi connectivity index (χ4v) is 3.90. The Morgan fingerprint density at radius 2 is 2.00 bits per heavy atom. The van der Waals surface area contributed by atoms with Gasteiger partial charge in [0.1, 0.15) is 22.2 Å². The molecule has 1 N–H and O–H groups in total. The van der Waals surface area contributed by atoms with E-state index in [0.717, 1.165) is 11.1 Å². The van der Waals surface area contributed by atoms with Gasteiger partial charge in [0.2, 0.25) is 5.91 Å². The van der Waals surface area contributed by atoms with Gasteiger partial charge in [-0.05, 0) is 49.7 Å². The van der Waals surface area contributed by atoms with Crippen LogP contribution in [0.25, 0.3) is 10.6 Å². The zero-order chi connectivity index (χ0) is 19.1. The van der Waals surface area contributed by atoms with Crippen LogP contribution in [0.1, 0.15) is 20.9 Å². The molecule has 0 aliphatic carbocycles. The fraction of sp³-hybridized carbons (Fsp3) is 0.158. The quantitative estimate of drug-likeness (QED) is 0.735. The lowest BCUT2D eigenvalue weighted by atomic mass is 10.2. The van der Waals surface area contributed by atoms with E-state index in [2.05, 4.69) is 15.3 Å². The highest BCUT2D eigenvalue weighted by Gasteiger charge is 2.31. The van der Waals surface area contributed by atoms with Crippen molar-refractivity contribution < 1.29 is 14.0 Å². The van der Waals surface area contributed by atoms with E-state index in [1.807, 2.05) is 6.92 Å². The number of hydrogen-bond acceptors (Lipinski definition) is 5. The number of carbonyl (C=O) groups is 2. The highest BCUT2D eigenvalue weighted by molar-refractivity contribution is 7.17. The number of pyridine rings is 1. The second kappa shape index (κ2) is 6.55. The lowest BCUT2D eigenvalue weighted by Gasteiger charge is -2.27. The van der Waals surface area contributed by atoms with Crippen LogP contribution in [-0.4, -0.2) is 28.3 Å². The molecule has 136 valence electrons. The average molecular weight is 382 g/mol. The molecule has 1 aliphatic rings. The molecule has 2 amide bonds. The second-order valence-corrected chi connectivity index (χ2v) is 7.26. The third-order valence-corrected chi connectivity index (χ3v) is 5.36. The van der Waals surface area contributed by atoms with Crippen molar-refractivity contribution >= 4 is 34.7 Å². The molecule has 2 aromatic heterocycles. The molecule has 0 saturated heterocycles. The van der Waals surface area contributed by atoms with E-state index in [0.29, 0.717) is 27.1 Å². The zero-order valence-electron chi connectivity index (χ0n) is 14.6. The summed E-state index contributed by atoms with van der Waals surface area (Å²) in [7, 11) is 0. The van der Waals surface area contributed by atoms with E-state index in [4.69, 9.17) is 0 Å². The molecule has 1 aromatic carbocycles. The number of anilines is 2. The third-order valence-electron chi connectivity index (χ3n) is 4.16. The van der Waals surface area contributed by atoms with Crippen LogP contribution >= 0.6 is 11.3 Å². The van der Waals surface area contributed by atoms with Crippen molar-refractivity contribution in [3.8, 4) is 10.6 Å². The van der Waals surface area contributed by atoms with Crippen LogP contribution in [-0.2, 0) is 4.79 Å². The van der Waals surface area contributed by atoms with E-state index in [1.54, 1.807) is 31.3 Å². The van der Waals surface area contributed by atoms with E-state index in [-0.39, 0.29) is 24.2 Å². The van der Waals surface area contributed by atoms with Gasteiger partial charge in [-0.25, -0.2) is 14.4 Å². The molecular formula is C19H15FN4O2S. The monoisotopic (exact) mass is 382 g/mol. The highest BCUT2D eigenvalue weighted by Crippen LogP contribution is 2.33. The SMILES string of the molecule is Cc1cnc2c(c1)NC(=O)CN2C(=O)c1sc(-c2ccc(F)cc2)nc1C. The van der Waals surface area contributed by atoms with Crippen LogP contribution in [0.3, 0.4) is 0 Å². The minimum atomic E-state index is -0.333. The van der Waals surface area contributed by atoms with Gasteiger partial charge in [-0.15, -0.1) is 11.3 Å². The molecule has 0 saturated carbocycles. The molecule has 0 bridgehead atoms. The number of carbonyl (C=O) groups excluding carboxylic acids is 2. The van der Waals surface area contributed by atoms with Crippen molar-refractivity contribution in [3.05, 3.63) is 58.5 Å². The predicted octanol–water partition coefficient (Wildman–Crippen LogP) is 3.56. The van der Waals surface area contributed by atoms with Gasteiger partial charge in [-0.3, -0.25) is 14.5 Å². The topological polar surface area (TPSA) is 75.2 Å². The molecule has 27 heavy (non-hydrogen) atoms. The van der Waals surface area contributed by atoms with Gasteiger partial charge in [-0.1, -0.05) is 0 Å². The van der Waals surface area contributed by atoms with Crippen molar-refractivity contribution in [2.24, 2.45) is 0 Å². The molecule has 0 fully saturated rings. The Morgan fingerprint density at radius 3 is 2.74 bits per heavy atom. The predicted molar refractivity (Wildman–Crippen MR) is 102 cm³/mol. The number of amides is 2. The summed E-state index contributed by atoms with van der Waals surface area (Å²) in [5.74, 6) is -0.517. The average Bonchev–Trinajstić information content (AvgIpc) is 3.02. The summed E-state index contributed by atoms with van der Waals surface area (Å²) in [6, 6.07) is 7.73. The van der Waals surface area contributed by atoms with Gasteiger partial charge >= 0.3 is 0 Å². The highest BCUT2D eigenvalue weighted by atomic mass is 32.1. The van der Waals surface area contributed by atoms with Crippen LogP contribution in [0.4, 0.5) is 15.9 Å². The molecule has 1 aliphatic heterocycles. The first-order valence-electron chi connectivity index (χ1n) is 8.24. The minimum absolute atomic E-state index is 0.106. The third kappa shape index (κ3) is 3.19. The number of fused-ring (bicyclic) bond motifs is 1. The number of aromatic nitrogens is 2. The Balaban J connectivity index is 1.72. The number of nitrogens with one attached hydrogen (secondary N) is 1. The van der Waals surface area contributed by atoms with Crippen molar-refractivity contribution in [2.45, 2.75) is 13.8 Å². The summed E-state index contributed by atoms with van der Waals surface area (Å²) in [5, 5.41) is 3.36. The van der Waals surface area contributed by atoms with E-state index in [9.17, 15) is 14.0 Å². The minimum Gasteiger partial charge on any atom is -0.321 e. The van der Waals surface area contributed by atoms with Crippen LogP contribution < -0.4 is 10.2 Å². The molecule has 0 radical (unpaired) electrons. The van der Waals surface area contributed by atoms with Gasteiger partial charge < -0.3 is 5.32 Å². The summed E-state index contributed by atoms with van der Waals surface area (Å²) < 4.78 is 13.1. The number of halogens is 1. The maximum Gasteiger partial charge on any atom is 0.271 e. The maximum atomic E-state index is 13.1. The van der Waals surface area contributed by atoms with Gasteiger partial charge in [0.05, 0.1) is 11.4 Å². The molecule has 0 atom stereocenters.